The number of nitrogens with zero attached hydrogens (tertiary/aromatic N) is 1. The van der Waals surface area contributed by atoms with Crippen molar-refractivity contribution in [2.75, 3.05) is 39.0 Å². The van der Waals surface area contributed by atoms with Gasteiger partial charge in [0.05, 0.1) is 18.3 Å². The summed E-state index contributed by atoms with van der Waals surface area (Å²) < 4.78 is 5.72. The second-order valence-corrected chi connectivity index (χ2v) is 5.86. The van der Waals surface area contributed by atoms with Gasteiger partial charge in [-0.25, -0.2) is 0 Å². The lowest BCUT2D eigenvalue weighted by atomic mass is 10.0. The number of hydrogen-bond acceptors (Lipinski definition) is 5. The minimum Gasteiger partial charge on any atom is -0.487 e. The highest BCUT2D eigenvalue weighted by atomic mass is 16.5. The van der Waals surface area contributed by atoms with E-state index in [0.29, 0.717) is 5.56 Å². The number of benzene rings is 1. The molecule has 2 unspecified atom stereocenters. The van der Waals surface area contributed by atoms with Crippen LogP contribution in [0.15, 0.2) is 18.2 Å². The van der Waals surface area contributed by atoms with E-state index in [1.54, 1.807) is 0 Å². The van der Waals surface area contributed by atoms with Crippen molar-refractivity contribution in [2.45, 2.75) is 26.0 Å². The van der Waals surface area contributed by atoms with Gasteiger partial charge in [0.15, 0.2) is 5.78 Å². The first-order valence-electron chi connectivity index (χ1n) is 7.44. The van der Waals surface area contributed by atoms with Gasteiger partial charge in [0.2, 0.25) is 0 Å². The van der Waals surface area contributed by atoms with Gasteiger partial charge in [0.1, 0.15) is 11.9 Å². The molecule has 1 aliphatic rings. The van der Waals surface area contributed by atoms with E-state index in [1.807, 2.05) is 46.1 Å². The smallest absolute Gasteiger partial charge is 0.179 e. The molecule has 0 saturated carbocycles. The number of ether oxygens (including phenoxy) is 1. The molecule has 0 bridgehead atoms. The standard InChI is InChI=1S/C16H25N3O2/c1-11-10-18-14-9-13(5-6-15(14)21-11)16(20)12(2)17-7-8-19(3)4/h5-6,9,11-12,17-18H,7-8,10H2,1-4H3. The normalized spacial score (nSPS) is 18.6. The Morgan fingerprint density at radius 1 is 1.52 bits per heavy atom. The summed E-state index contributed by atoms with van der Waals surface area (Å²) in [6, 6.07) is 5.41. The highest BCUT2D eigenvalue weighted by Crippen LogP contribution is 2.30. The minimum absolute atomic E-state index is 0.108. The zero-order valence-corrected chi connectivity index (χ0v) is 13.3. The number of Topliss-reactive ketones (excluding diaryl/α,β-unsaturated/α-hetero) is 1. The molecule has 2 rings (SSSR count). The molecule has 0 aliphatic carbocycles. The Labute approximate surface area is 126 Å². The third-order valence-electron chi connectivity index (χ3n) is 3.58. The molecule has 0 aromatic heterocycles. The molecule has 116 valence electrons. The molecular weight excluding hydrogens is 266 g/mol. The Hall–Kier alpha value is -1.59. The first-order chi connectivity index (χ1) is 9.97. The number of nitrogens with one attached hydrogen (secondary N) is 2. The number of carbonyl (C=O) groups excluding carboxylic acids is 1. The van der Waals surface area contributed by atoms with Crippen molar-refractivity contribution in [1.82, 2.24) is 10.2 Å². The molecule has 0 fully saturated rings. The van der Waals surface area contributed by atoms with Crippen LogP contribution < -0.4 is 15.4 Å². The van der Waals surface area contributed by atoms with Crippen molar-refractivity contribution < 1.29 is 9.53 Å². The van der Waals surface area contributed by atoms with Gasteiger partial charge in [-0.1, -0.05) is 0 Å². The summed E-state index contributed by atoms with van der Waals surface area (Å²) in [4.78, 5) is 14.5. The van der Waals surface area contributed by atoms with Crippen LogP contribution in [-0.2, 0) is 0 Å². The van der Waals surface area contributed by atoms with Crippen LogP contribution in [-0.4, -0.2) is 56.6 Å². The van der Waals surface area contributed by atoms with Crippen LogP contribution in [0.2, 0.25) is 0 Å². The molecule has 1 aromatic rings. The van der Waals surface area contributed by atoms with Crippen molar-refractivity contribution in [3.63, 3.8) is 0 Å². The van der Waals surface area contributed by atoms with Gasteiger partial charge in [0.25, 0.3) is 0 Å². The van der Waals surface area contributed by atoms with Crippen molar-refractivity contribution in [3.8, 4) is 5.75 Å². The summed E-state index contributed by atoms with van der Waals surface area (Å²) in [5.74, 6) is 0.926. The molecule has 0 spiro atoms. The molecule has 2 atom stereocenters. The number of anilines is 1. The molecule has 0 radical (unpaired) electrons. The Morgan fingerprint density at radius 2 is 2.29 bits per heavy atom. The Morgan fingerprint density at radius 3 is 3.00 bits per heavy atom. The van der Waals surface area contributed by atoms with Crippen LogP contribution in [0.1, 0.15) is 24.2 Å². The number of rotatable bonds is 6. The molecule has 21 heavy (non-hydrogen) atoms. The van der Waals surface area contributed by atoms with E-state index >= 15 is 0 Å². The van der Waals surface area contributed by atoms with Crippen molar-refractivity contribution >= 4 is 11.5 Å². The fourth-order valence-corrected chi connectivity index (χ4v) is 2.28. The van der Waals surface area contributed by atoms with Crippen molar-refractivity contribution in [3.05, 3.63) is 23.8 Å². The second kappa shape index (κ2) is 6.91. The number of carbonyl (C=O) groups is 1. The lowest BCUT2D eigenvalue weighted by Crippen LogP contribution is -2.38. The molecule has 1 aliphatic heterocycles. The molecule has 5 heteroatoms. The third kappa shape index (κ3) is 4.19. The summed E-state index contributed by atoms with van der Waals surface area (Å²) in [5, 5.41) is 6.56. The average Bonchev–Trinajstić information content (AvgIpc) is 2.45. The molecule has 0 amide bonds. The average molecular weight is 291 g/mol. The highest BCUT2D eigenvalue weighted by Gasteiger charge is 2.19. The third-order valence-corrected chi connectivity index (χ3v) is 3.58. The highest BCUT2D eigenvalue weighted by molar-refractivity contribution is 6.01. The topological polar surface area (TPSA) is 53.6 Å². The molecule has 0 saturated heterocycles. The van der Waals surface area contributed by atoms with Crippen molar-refractivity contribution in [2.24, 2.45) is 0 Å². The maximum atomic E-state index is 12.4. The molecule has 5 nitrogen and oxygen atoms in total. The van der Waals surface area contributed by atoms with E-state index in [9.17, 15) is 4.79 Å². The first-order valence-corrected chi connectivity index (χ1v) is 7.44. The minimum atomic E-state index is -0.188. The summed E-state index contributed by atoms with van der Waals surface area (Å²) >= 11 is 0. The van der Waals surface area contributed by atoms with E-state index in [0.717, 1.165) is 31.1 Å². The van der Waals surface area contributed by atoms with Gasteiger partial charge in [-0.2, -0.15) is 0 Å². The van der Waals surface area contributed by atoms with E-state index in [1.165, 1.54) is 0 Å². The van der Waals surface area contributed by atoms with Gasteiger partial charge >= 0.3 is 0 Å². The second-order valence-electron chi connectivity index (χ2n) is 5.86. The predicted molar refractivity (Wildman–Crippen MR) is 85.4 cm³/mol. The molecule has 1 heterocycles. The maximum Gasteiger partial charge on any atom is 0.179 e. The Balaban J connectivity index is 1.99. The summed E-state index contributed by atoms with van der Waals surface area (Å²) in [6.45, 7) is 6.40. The van der Waals surface area contributed by atoms with Gasteiger partial charge in [-0.3, -0.25) is 4.79 Å². The van der Waals surface area contributed by atoms with Crippen molar-refractivity contribution in [1.29, 1.82) is 0 Å². The number of fused-ring (bicyclic) bond motifs is 1. The lowest BCUT2D eigenvalue weighted by molar-refractivity contribution is 0.0950. The van der Waals surface area contributed by atoms with E-state index in [2.05, 4.69) is 15.5 Å². The Kier molecular flexibility index (Phi) is 5.20. The monoisotopic (exact) mass is 291 g/mol. The van der Waals surface area contributed by atoms with E-state index in [4.69, 9.17) is 4.74 Å². The van der Waals surface area contributed by atoms with Crippen LogP contribution >= 0.6 is 0 Å². The first kappa shape index (κ1) is 15.8. The van der Waals surface area contributed by atoms with Gasteiger partial charge in [0, 0.05) is 18.7 Å². The van der Waals surface area contributed by atoms with Crippen LogP contribution in [0.4, 0.5) is 5.69 Å². The van der Waals surface area contributed by atoms with Crippen LogP contribution in [0.5, 0.6) is 5.75 Å². The predicted octanol–water partition coefficient (Wildman–Crippen LogP) is 1.60. The summed E-state index contributed by atoms with van der Waals surface area (Å²) in [5.41, 5.74) is 1.61. The Bertz CT molecular complexity index is 502. The molecular formula is C16H25N3O2. The van der Waals surface area contributed by atoms with Gasteiger partial charge in [-0.15, -0.1) is 0 Å². The molecule has 1 aromatic carbocycles. The number of ketones is 1. The number of hydrogen-bond donors (Lipinski definition) is 2. The van der Waals surface area contributed by atoms with Gasteiger partial charge < -0.3 is 20.3 Å². The fourth-order valence-electron chi connectivity index (χ4n) is 2.28. The summed E-state index contributed by atoms with van der Waals surface area (Å²) in [6.07, 6.45) is 0.158. The largest absolute Gasteiger partial charge is 0.487 e. The lowest BCUT2D eigenvalue weighted by Gasteiger charge is -2.25. The summed E-state index contributed by atoms with van der Waals surface area (Å²) in [7, 11) is 4.04. The van der Waals surface area contributed by atoms with Crippen LogP contribution in [0.25, 0.3) is 0 Å². The maximum absolute atomic E-state index is 12.4. The van der Waals surface area contributed by atoms with E-state index in [-0.39, 0.29) is 17.9 Å². The zero-order chi connectivity index (χ0) is 15.4. The van der Waals surface area contributed by atoms with Gasteiger partial charge in [-0.05, 0) is 46.1 Å². The zero-order valence-electron chi connectivity index (χ0n) is 13.3. The fraction of sp³-hybridized carbons (Fsp3) is 0.562. The van der Waals surface area contributed by atoms with Crippen LogP contribution in [0, 0.1) is 0 Å². The quantitative estimate of drug-likeness (QED) is 0.780. The van der Waals surface area contributed by atoms with Crippen LogP contribution in [0.3, 0.4) is 0 Å². The molecule has 2 N–H and O–H groups in total. The SMILES string of the molecule is CC1CNc2cc(C(=O)C(C)NCCN(C)C)ccc2O1. The number of likely N-dealkylation sites (N-methyl/N-ethyl adjacent to an activating group) is 1. The van der Waals surface area contributed by atoms with E-state index < -0.39 is 0 Å².